The summed E-state index contributed by atoms with van der Waals surface area (Å²) in [6, 6.07) is 26.5. The van der Waals surface area contributed by atoms with Crippen LogP contribution in [0.2, 0.25) is 0 Å². The summed E-state index contributed by atoms with van der Waals surface area (Å²) in [6.07, 6.45) is 0. The number of carbonyl (C=O) groups excluding carboxylic acids is 1. The monoisotopic (exact) mass is 398 g/mol. The fourth-order valence-electron chi connectivity index (χ4n) is 3.14. The molecule has 6 nitrogen and oxygen atoms in total. The highest BCUT2D eigenvalue weighted by molar-refractivity contribution is 5.99. The van der Waals surface area contributed by atoms with Crippen molar-refractivity contribution in [2.75, 3.05) is 17.7 Å². The third kappa shape index (κ3) is 4.33. The summed E-state index contributed by atoms with van der Waals surface area (Å²) in [4.78, 5) is 12.6. The van der Waals surface area contributed by atoms with E-state index in [0.29, 0.717) is 5.82 Å². The van der Waals surface area contributed by atoms with Crippen molar-refractivity contribution < 1.29 is 9.53 Å². The second-order valence-electron chi connectivity index (χ2n) is 6.84. The topological polar surface area (TPSA) is 68.2 Å². The largest absolute Gasteiger partial charge is 0.497 e. The highest BCUT2D eigenvalue weighted by Crippen LogP contribution is 2.26. The Morgan fingerprint density at radius 2 is 1.67 bits per heavy atom. The number of hydrogen-bond donors (Lipinski definition) is 2. The van der Waals surface area contributed by atoms with Gasteiger partial charge < -0.3 is 10.1 Å². The van der Waals surface area contributed by atoms with E-state index in [-0.39, 0.29) is 6.03 Å². The molecular formula is C24H22N4O2. The predicted molar refractivity (Wildman–Crippen MR) is 119 cm³/mol. The second kappa shape index (κ2) is 8.53. The molecule has 4 rings (SSSR count). The average molecular weight is 398 g/mol. The Morgan fingerprint density at radius 3 is 2.37 bits per heavy atom. The van der Waals surface area contributed by atoms with Crippen molar-refractivity contribution in [1.29, 1.82) is 0 Å². The predicted octanol–water partition coefficient (Wildman–Crippen LogP) is 5.50. The molecule has 0 unspecified atom stereocenters. The van der Waals surface area contributed by atoms with Gasteiger partial charge in [0.1, 0.15) is 11.6 Å². The number of methoxy groups -OCH3 is 1. The van der Waals surface area contributed by atoms with Crippen molar-refractivity contribution in [2.24, 2.45) is 0 Å². The molecule has 2 N–H and O–H groups in total. The minimum Gasteiger partial charge on any atom is -0.497 e. The van der Waals surface area contributed by atoms with E-state index < -0.39 is 0 Å². The SMILES string of the molecule is COc1ccc(-n2nc(-c3ccccc3)cc2NC(=O)Nc2cccc(C)c2)cc1. The molecule has 0 atom stereocenters. The first-order chi connectivity index (χ1) is 14.6. The van der Waals surface area contributed by atoms with Gasteiger partial charge in [0.2, 0.25) is 0 Å². The number of ether oxygens (including phenoxy) is 1. The molecule has 6 heteroatoms. The highest BCUT2D eigenvalue weighted by Gasteiger charge is 2.14. The quantitative estimate of drug-likeness (QED) is 0.466. The maximum atomic E-state index is 12.6. The molecule has 0 fully saturated rings. The molecule has 0 aliphatic heterocycles. The number of nitrogens with zero attached hydrogens (tertiary/aromatic N) is 2. The van der Waals surface area contributed by atoms with Crippen molar-refractivity contribution in [3.63, 3.8) is 0 Å². The molecule has 1 aromatic heterocycles. The molecule has 30 heavy (non-hydrogen) atoms. The van der Waals surface area contributed by atoms with Crippen LogP contribution < -0.4 is 15.4 Å². The average Bonchev–Trinajstić information content (AvgIpc) is 3.18. The van der Waals surface area contributed by atoms with Crippen LogP contribution in [-0.2, 0) is 0 Å². The van der Waals surface area contributed by atoms with Crippen molar-refractivity contribution in [2.45, 2.75) is 6.92 Å². The lowest BCUT2D eigenvalue weighted by molar-refractivity contribution is 0.262. The number of amides is 2. The molecule has 4 aromatic rings. The minimum absolute atomic E-state index is 0.338. The Morgan fingerprint density at radius 1 is 0.900 bits per heavy atom. The zero-order chi connectivity index (χ0) is 20.9. The van der Waals surface area contributed by atoms with Crippen LogP contribution >= 0.6 is 0 Å². The Balaban J connectivity index is 1.65. The lowest BCUT2D eigenvalue weighted by Gasteiger charge is -2.11. The van der Waals surface area contributed by atoms with Gasteiger partial charge in [-0.3, -0.25) is 5.32 Å². The second-order valence-corrected chi connectivity index (χ2v) is 6.84. The molecule has 0 aliphatic carbocycles. The molecule has 150 valence electrons. The fourth-order valence-corrected chi connectivity index (χ4v) is 3.14. The summed E-state index contributed by atoms with van der Waals surface area (Å²) in [5, 5.41) is 10.5. The number of rotatable bonds is 5. The van der Waals surface area contributed by atoms with E-state index in [1.807, 2.05) is 91.9 Å². The van der Waals surface area contributed by atoms with E-state index in [9.17, 15) is 4.79 Å². The van der Waals surface area contributed by atoms with Crippen LogP contribution in [0.15, 0.2) is 84.9 Å². The van der Waals surface area contributed by atoms with Crippen LogP contribution in [0.25, 0.3) is 16.9 Å². The van der Waals surface area contributed by atoms with Gasteiger partial charge in [0.25, 0.3) is 0 Å². The zero-order valence-electron chi connectivity index (χ0n) is 16.8. The van der Waals surface area contributed by atoms with Crippen LogP contribution in [-0.4, -0.2) is 22.9 Å². The first kappa shape index (κ1) is 19.3. The van der Waals surface area contributed by atoms with Crippen molar-refractivity contribution in [3.05, 3.63) is 90.5 Å². The van der Waals surface area contributed by atoms with E-state index in [4.69, 9.17) is 9.84 Å². The zero-order valence-corrected chi connectivity index (χ0v) is 16.8. The number of nitrogens with one attached hydrogen (secondary N) is 2. The van der Waals surface area contributed by atoms with Crippen LogP contribution in [0.3, 0.4) is 0 Å². The maximum absolute atomic E-state index is 12.6. The number of anilines is 2. The molecule has 0 spiro atoms. The summed E-state index contributed by atoms with van der Waals surface area (Å²) < 4.78 is 6.95. The normalized spacial score (nSPS) is 10.5. The number of benzene rings is 3. The molecular weight excluding hydrogens is 376 g/mol. The molecule has 3 aromatic carbocycles. The van der Waals surface area contributed by atoms with Crippen molar-refractivity contribution >= 4 is 17.5 Å². The van der Waals surface area contributed by atoms with Gasteiger partial charge >= 0.3 is 6.03 Å². The molecule has 0 saturated carbocycles. The number of carbonyl (C=O) groups is 1. The highest BCUT2D eigenvalue weighted by atomic mass is 16.5. The summed E-state index contributed by atoms with van der Waals surface area (Å²) in [6.45, 7) is 1.98. The smallest absolute Gasteiger partial charge is 0.324 e. The van der Waals surface area contributed by atoms with Crippen molar-refractivity contribution in [1.82, 2.24) is 9.78 Å². The Kier molecular flexibility index (Phi) is 5.48. The van der Waals surface area contributed by atoms with E-state index in [1.165, 1.54) is 0 Å². The molecule has 0 aliphatic rings. The maximum Gasteiger partial charge on any atom is 0.324 e. The van der Waals surface area contributed by atoms with Crippen LogP contribution in [0.4, 0.5) is 16.3 Å². The van der Waals surface area contributed by atoms with Gasteiger partial charge in [0.05, 0.1) is 18.5 Å². The van der Waals surface area contributed by atoms with Crippen molar-refractivity contribution in [3.8, 4) is 22.7 Å². The van der Waals surface area contributed by atoms with Gasteiger partial charge in [0.15, 0.2) is 0 Å². The third-order valence-electron chi connectivity index (χ3n) is 4.61. The van der Waals surface area contributed by atoms with E-state index in [1.54, 1.807) is 11.8 Å². The number of aromatic nitrogens is 2. The standard InChI is InChI=1S/C24H22N4O2/c1-17-7-6-10-19(15-17)25-24(29)26-23-16-22(18-8-4-3-5-9-18)27-28(23)20-11-13-21(30-2)14-12-20/h3-16H,1-2H3,(H2,25,26,29). The molecule has 0 saturated heterocycles. The van der Waals surface area contributed by atoms with Crippen LogP contribution in [0, 0.1) is 6.92 Å². The molecule has 1 heterocycles. The summed E-state index contributed by atoms with van der Waals surface area (Å²) in [5.74, 6) is 1.31. The summed E-state index contributed by atoms with van der Waals surface area (Å²) >= 11 is 0. The van der Waals surface area contributed by atoms with E-state index in [0.717, 1.165) is 33.9 Å². The molecule has 0 bridgehead atoms. The summed E-state index contributed by atoms with van der Waals surface area (Å²) in [5.41, 5.74) is 4.33. The Hall–Kier alpha value is -4.06. The molecule has 0 radical (unpaired) electrons. The van der Waals surface area contributed by atoms with Gasteiger partial charge in [-0.15, -0.1) is 0 Å². The van der Waals surface area contributed by atoms with Gasteiger partial charge in [-0.1, -0.05) is 42.5 Å². The lowest BCUT2D eigenvalue weighted by atomic mass is 10.2. The lowest BCUT2D eigenvalue weighted by Crippen LogP contribution is -2.21. The third-order valence-corrected chi connectivity index (χ3v) is 4.61. The number of aryl methyl sites for hydroxylation is 1. The Bertz CT molecular complexity index is 1150. The van der Waals surface area contributed by atoms with Crippen LogP contribution in [0.1, 0.15) is 5.56 Å². The summed E-state index contributed by atoms with van der Waals surface area (Å²) in [7, 11) is 1.62. The van der Waals surface area contributed by atoms with E-state index in [2.05, 4.69) is 10.6 Å². The first-order valence-corrected chi connectivity index (χ1v) is 9.57. The fraction of sp³-hybridized carbons (Fsp3) is 0.0833. The number of hydrogen-bond acceptors (Lipinski definition) is 3. The van der Waals surface area contributed by atoms with E-state index >= 15 is 0 Å². The molecule has 2 amide bonds. The van der Waals surface area contributed by atoms with Gasteiger partial charge in [0, 0.05) is 17.3 Å². The van der Waals surface area contributed by atoms with Crippen LogP contribution in [0.5, 0.6) is 5.75 Å². The van der Waals surface area contributed by atoms with Gasteiger partial charge in [-0.05, 0) is 48.9 Å². The minimum atomic E-state index is -0.338. The Labute approximate surface area is 175 Å². The first-order valence-electron chi connectivity index (χ1n) is 9.57. The van der Waals surface area contributed by atoms with Gasteiger partial charge in [-0.2, -0.15) is 5.10 Å². The number of urea groups is 1. The van der Waals surface area contributed by atoms with Gasteiger partial charge in [-0.25, -0.2) is 9.48 Å².